The van der Waals surface area contributed by atoms with Crippen LogP contribution in [0.2, 0.25) is 6.04 Å². The van der Waals surface area contributed by atoms with E-state index in [-0.39, 0.29) is 5.82 Å². The highest BCUT2D eigenvalue weighted by atomic mass is 28.4. The Labute approximate surface area is 135 Å². The summed E-state index contributed by atoms with van der Waals surface area (Å²) < 4.78 is 29.9. The van der Waals surface area contributed by atoms with Crippen LogP contribution in [-0.2, 0) is 19.7 Å². The van der Waals surface area contributed by atoms with Crippen molar-refractivity contribution >= 4 is 8.80 Å². The van der Waals surface area contributed by atoms with Gasteiger partial charge in [-0.05, 0) is 50.8 Å². The molecule has 0 aliphatic carbocycles. The third kappa shape index (κ3) is 7.00. The minimum Gasteiger partial charge on any atom is -0.377 e. The van der Waals surface area contributed by atoms with Crippen LogP contribution in [-0.4, -0.2) is 29.1 Å². The fourth-order valence-electron chi connectivity index (χ4n) is 2.52. The minimum absolute atomic E-state index is 0.170. The monoisotopic (exact) mass is 328 g/mol. The van der Waals surface area contributed by atoms with Crippen molar-refractivity contribution < 1.29 is 17.7 Å². The molecule has 22 heavy (non-hydrogen) atoms. The van der Waals surface area contributed by atoms with E-state index in [1.165, 1.54) is 17.7 Å². The third-order valence-electron chi connectivity index (χ3n) is 3.65. The van der Waals surface area contributed by atoms with Crippen LogP contribution < -0.4 is 0 Å². The molecular formula is C17H29FO3Si. The van der Waals surface area contributed by atoms with Crippen LogP contribution in [0.4, 0.5) is 4.39 Å². The van der Waals surface area contributed by atoms with Gasteiger partial charge in [0.2, 0.25) is 0 Å². The lowest BCUT2D eigenvalue weighted by molar-refractivity contribution is 0.0859. The van der Waals surface area contributed by atoms with E-state index in [1.54, 1.807) is 7.11 Å². The second-order valence-corrected chi connectivity index (χ2v) is 8.15. The highest BCUT2D eigenvalue weighted by Crippen LogP contribution is 2.19. The molecule has 0 heterocycles. The van der Waals surface area contributed by atoms with Crippen LogP contribution in [0.5, 0.6) is 0 Å². The van der Waals surface area contributed by atoms with E-state index < -0.39 is 8.80 Å². The molecule has 0 saturated heterocycles. The van der Waals surface area contributed by atoms with Gasteiger partial charge in [0, 0.05) is 26.4 Å². The largest absolute Gasteiger partial charge is 0.500 e. The number of aryl methyl sites for hydroxylation is 1. The number of halogens is 1. The molecule has 1 rings (SSSR count). The summed E-state index contributed by atoms with van der Waals surface area (Å²) in [6, 6.07) is 7.66. The number of hydrogen-bond acceptors (Lipinski definition) is 3. The number of unbranched alkanes of at least 4 members (excludes halogenated alkanes) is 3. The van der Waals surface area contributed by atoms with Gasteiger partial charge in [0.05, 0.1) is 0 Å². The van der Waals surface area contributed by atoms with Gasteiger partial charge in [-0.2, -0.15) is 0 Å². The Morgan fingerprint density at radius 1 is 0.909 bits per heavy atom. The molecule has 0 bridgehead atoms. The van der Waals surface area contributed by atoms with Crippen LogP contribution in [0.25, 0.3) is 0 Å². The standard InChI is InChI=1S/C17H29FO3Si/c1-4-20-22(19-3,21-5-2)15-9-7-6-8-10-16-11-13-17(18)14-12-16/h11-14H,4-10,15H2,1-3H3. The van der Waals surface area contributed by atoms with Crippen LogP contribution >= 0.6 is 0 Å². The van der Waals surface area contributed by atoms with Gasteiger partial charge in [0.1, 0.15) is 5.82 Å². The lowest BCUT2D eigenvalue weighted by Gasteiger charge is -2.27. The van der Waals surface area contributed by atoms with E-state index in [4.69, 9.17) is 13.3 Å². The second kappa shape index (κ2) is 10.9. The van der Waals surface area contributed by atoms with Gasteiger partial charge in [0.15, 0.2) is 0 Å². The van der Waals surface area contributed by atoms with Gasteiger partial charge >= 0.3 is 8.80 Å². The van der Waals surface area contributed by atoms with Crippen LogP contribution in [0, 0.1) is 5.82 Å². The third-order valence-corrected chi connectivity index (χ3v) is 6.70. The van der Waals surface area contributed by atoms with E-state index in [1.807, 2.05) is 26.0 Å². The molecule has 0 spiro atoms. The highest BCUT2D eigenvalue weighted by Gasteiger charge is 2.38. The second-order valence-electron chi connectivity index (χ2n) is 5.29. The summed E-state index contributed by atoms with van der Waals surface area (Å²) in [5.41, 5.74) is 1.20. The van der Waals surface area contributed by atoms with E-state index in [0.29, 0.717) is 13.2 Å². The van der Waals surface area contributed by atoms with Crippen molar-refractivity contribution in [3.63, 3.8) is 0 Å². The molecular weight excluding hydrogens is 299 g/mol. The lowest BCUT2D eigenvalue weighted by atomic mass is 10.1. The Morgan fingerprint density at radius 3 is 2.05 bits per heavy atom. The van der Waals surface area contributed by atoms with Crippen molar-refractivity contribution in [3.8, 4) is 0 Å². The van der Waals surface area contributed by atoms with Crippen molar-refractivity contribution in [2.24, 2.45) is 0 Å². The van der Waals surface area contributed by atoms with Crippen molar-refractivity contribution in [1.29, 1.82) is 0 Å². The maximum atomic E-state index is 12.8. The molecule has 126 valence electrons. The molecule has 0 N–H and O–H groups in total. The fraction of sp³-hybridized carbons (Fsp3) is 0.647. The Hall–Kier alpha value is -0.753. The van der Waals surface area contributed by atoms with E-state index in [2.05, 4.69) is 0 Å². The van der Waals surface area contributed by atoms with Gasteiger partial charge in [-0.25, -0.2) is 4.39 Å². The van der Waals surface area contributed by atoms with E-state index >= 15 is 0 Å². The van der Waals surface area contributed by atoms with Crippen molar-refractivity contribution in [2.45, 2.75) is 52.0 Å². The molecule has 0 fully saturated rings. The Bertz CT molecular complexity index is 391. The highest BCUT2D eigenvalue weighted by molar-refractivity contribution is 6.60. The molecule has 0 saturated carbocycles. The number of hydrogen-bond donors (Lipinski definition) is 0. The van der Waals surface area contributed by atoms with Gasteiger partial charge in [-0.1, -0.05) is 25.0 Å². The topological polar surface area (TPSA) is 27.7 Å². The van der Waals surface area contributed by atoms with Crippen LogP contribution in [0.3, 0.4) is 0 Å². The normalized spacial score (nSPS) is 11.8. The Kier molecular flexibility index (Phi) is 9.55. The Morgan fingerprint density at radius 2 is 1.50 bits per heavy atom. The average molecular weight is 329 g/mol. The number of rotatable bonds is 12. The molecule has 0 atom stereocenters. The van der Waals surface area contributed by atoms with Crippen molar-refractivity contribution in [3.05, 3.63) is 35.6 Å². The summed E-state index contributed by atoms with van der Waals surface area (Å²) in [4.78, 5) is 0. The zero-order valence-corrected chi connectivity index (χ0v) is 15.1. The quantitative estimate of drug-likeness (QED) is 0.415. The van der Waals surface area contributed by atoms with E-state index in [0.717, 1.165) is 38.1 Å². The molecule has 0 radical (unpaired) electrons. The summed E-state index contributed by atoms with van der Waals surface area (Å²) >= 11 is 0. The molecule has 5 heteroatoms. The molecule has 1 aromatic rings. The smallest absolute Gasteiger partial charge is 0.377 e. The molecule has 0 aliphatic rings. The molecule has 1 aromatic carbocycles. The zero-order chi connectivity index (χ0) is 16.3. The lowest BCUT2D eigenvalue weighted by Crippen LogP contribution is -2.44. The van der Waals surface area contributed by atoms with E-state index in [9.17, 15) is 4.39 Å². The average Bonchev–Trinajstić information content (AvgIpc) is 2.52. The first kappa shape index (κ1) is 19.3. The first-order valence-electron chi connectivity index (χ1n) is 8.23. The van der Waals surface area contributed by atoms with Crippen LogP contribution in [0.1, 0.15) is 45.1 Å². The fourth-order valence-corrected chi connectivity index (χ4v) is 4.90. The van der Waals surface area contributed by atoms with Crippen molar-refractivity contribution in [1.82, 2.24) is 0 Å². The molecule has 0 unspecified atom stereocenters. The van der Waals surface area contributed by atoms with Gasteiger partial charge in [0.25, 0.3) is 0 Å². The summed E-state index contributed by atoms with van der Waals surface area (Å²) in [5.74, 6) is -0.170. The zero-order valence-electron chi connectivity index (χ0n) is 14.1. The maximum Gasteiger partial charge on any atom is 0.500 e. The Balaban J connectivity index is 2.21. The van der Waals surface area contributed by atoms with Crippen molar-refractivity contribution in [2.75, 3.05) is 20.3 Å². The van der Waals surface area contributed by atoms with Crippen LogP contribution in [0.15, 0.2) is 24.3 Å². The predicted octanol–water partition coefficient (Wildman–Crippen LogP) is 4.59. The molecule has 0 aliphatic heterocycles. The van der Waals surface area contributed by atoms with Gasteiger partial charge in [-0.15, -0.1) is 0 Å². The SMILES string of the molecule is CCO[Si](CCCCCCc1ccc(F)cc1)(OC)OCC. The summed E-state index contributed by atoms with van der Waals surface area (Å²) in [6.45, 7) is 5.21. The first-order valence-corrected chi connectivity index (χ1v) is 10.2. The predicted molar refractivity (Wildman–Crippen MR) is 89.4 cm³/mol. The molecule has 3 nitrogen and oxygen atoms in total. The summed E-state index contributed by atoms with van der Waals surface area (Å²) in [7, 11) is -0.755. The summed E-state index contributed by atoms with van der Waals surface area (Å²) in [6.07, 6.45) is 5.48. The summed E-state index contributed by atoms with van der Waals surface area (Å²) in [5, 5.41) is 0. The first-order chi connectivity index (χ1) is 10.7. The molecule has 0 amide bonds. The van der Waals surface area contributed by atoms with Gasteiger partial charge < -0.3 is 13.3 Å². The minimum atomic E-state index is -2.44. The molecule has 0 aromatic heterocycles. The maximum absolute atomic E-state index is 12.8. The van der Waals surface area contributed by atoms with Gasteiger partial charge in [-0.3, -0.25) is 0 Å². The number of benzene rings is 1.